The first-order chi connectivity index (χ1) is 5.00. The zero-order valence-corrected chi connectivity index (χ0v) is 6.38. The minimum atomic E-state index is -4.08. The topological polar surface area (TPSA) is 80.4 Å². The van der Waals surface area contributed by atoms with Crippen LogP contribution in [0.5, 0.6) is 0 Å². The maximum atomic E-state index is 10.5. The van der Waals surface area contributed by atoms with Gasteiger partial charge in [0, 0.05) is 5.69 Å². The Morgan fingerprint density at radius 1 is 1.17 bits per heavy atom. The number of hydrogen-bond acceptors (Lipinski definition) is 3. The Morgan fingerprint density at radius 2 is 1.58 bits per heavy atom. The number of benzene rings is 1. The van der Waals surface area contributed by atoms with Gasteiger partial charge in [-0.25, -0.2) is 0 Å². The molecule has 0 aliphatic heterocycles. The molecular formula is C6H8NNaO3S. The van der Waals surface area contributed by atoms with E-state index in [0.29, 0.717) is 5.69 Å². The van der Waals surface area contributed by atoms with Crippen LogP contribution >= 0.6 is 0 Å². The first kappa shape index (κ1) is 11.9. The Balaban J connectivity index is 0.00000121. The standard InChI is InChI=1S/C6H7NO3S.Na.H/c7-5-1-3-6(4-2-5)11(8,9)10;;/h1-4H,7H2,(H,8,9,10);;. The van der Waals surface area contributed by atoms with Gasteiger partial charge in [0.2, 0.25) is 0 Å². The van der Waals surface area contributed by atoms with Crippen LogP contribution in [0.3, 0.4) is 0 Å². The van der Waals surface area contributed by atoms with Crippen LogP contribution < -0.4 is 5.73 Å². The molecule has 0 amide bonds. The molecule has 0 aliphatic carbocycles. The van der Waals surface area contributed by atoms with Gasteiger partial charge in [-0.3, -0.25) is 4.55 Å². The van der Waals surface area contributed by atoms with Gasteiger partial charge in [0.15, 0.2) is 0 Å². The molecular weight excluding hydrogens is 189 g/mol. The van der Waals surface area contributed by atoms with E-state index in [4.69, 9.17) is 10.3 Å². The van der Waals surface area contributed by atoms with Crippen molar-refractivity contribution in [2.75, 3.05) is 5.73 Å². The van der Waals surface area contributed by atoms with Crippen LogP contribution in [-0.2, 0) is 10.1 Å². The van der Waals surface area contributed by atoms with Crippen molar-refractivity contribution in [2.45, 2.75) is 4.90 Å². The van der Waals surface area contributed by atoms with Crippen LogP contribution in [0.4, 0.5) is 5.69 Å². The maximum absolute atomic E-state index is 10.5. The molecule has 0 spiro atoms. The van der Waals surface area contributed by atoms with Gasteiger partial charge in [0.05, 0.1) is 4.90 Å². The van der Waals surface area contributed by atoms with Crippen LogP contribution in [0.25, 0.3) is 0 Å². The Hall–Kier alpha value is -0.0700. The van der Waals surface area contributed by atoms with E-state index in [9.17, 15) is 8.42 Å². The van der Waals surface area contributed by atoms with Crippen molar-refractivity contribution in [1.29, 1.82) is 0 Å². The van der Waals surface area contributed by atoms with Gasteiger partial charge in [-0.15, -0.1) is 0 Å². The molecule has 6 heteroatoms. The normalized spacial score (nSPS) is 10.4. The van der Waals surface area contributed by atoms with E-state index in [2.05, 4.69) is 0 Å². The van der Waals surface area contributed by atoms with Crippen LogP contribution in [0.1, 0.15) is 0 Å². The molecule has 4 nitrogen and oxygen atoms in total. The summed E-state index contributed by atoms with van der Waals surface area (Å²) >= 11 is 0. The van der Waals surface area contributed by atoms with Crippen molar-refractivity contribution in [3.63, 3.8) is 0 Å². The molecule has 0 heterocycles. The second-order valence-corrected chi connectivity index (χ2v) is 3.47. The fourth-order valence-corrected chi connectivity index (χ4v) is 1.12. The third kappa shape index (κ3) is 3.12. The van der Waals surface area contributed by atoms with Crippen molar-refractivity contribution < 1.29 is 13.0 Å². The Bertz CT molecular complexity index is 346. The number of nitrogens with two attached hydrogens (primary N) is 1. The zero-order valence-electron chi connectivity index (χ0n) is 5.56. The fourth-order valence-electron chi connectivity index (χ4n) is 0.640. The Labute approximate surface area is 92.8 Å². The van der Waals surface area contributed by atoms with E-state index in [0.717, 1.165) is 0 Å². The molecule has 0 aromatic heterocycles. The van der Waals surface area contributed by atoms with Gasteiger partial charge in [-0.2, -0.15) is 8.42 Å². The van der Waals surface area contributed by atoms with Crippen LogP contribution in [0, 0.1) is 0 Å². The first-order valence-electron chi connectivity index (χ1n) is 2.83. The van der Waals surface area contributed by atoms with Gasteiger partial charge in [0.25, 0.3) is 10.1 Å². The third-order valence-electron chi connectivity index (χ3n) is 1.18. The molecule has 0 radical (unpaired) electrons. The van der Waals surface area contributed by atoms with Crippen molar-refractivity contribution in [2.24, 2.45) is 0 Å². The van der Waals surface area contributed by atoms with E-state index in [1.54, 1.807) is 0 Å². The Morgan fingerprint density at radius 3 is 1.92 bits per heavy atom. The summed E-state index contributed by atoms with van der Waals surface area (Å²) in [5.41, 5.74) is 5.75. The third-order valence-corrected chi connectivity index (χ3v) is 2.05. The predicted octanol–water partition coefficient (Wildman–Crippen LogP) is -0.133. The number of nitrogen functional groups attached to an aromatic ring is 1. The molecule has 0 unspecified atom stereocenters. The van der Waals surface area contributed by atoms with Crippen molar-refractivity contribution >= 4 is 45.4 Å². The van der Waals surface area contributed by atoms with E-state index in [1.165, 1.54) is 24.3 Å². The molecule has 0 aliphatic rings. The molecule has 1 aromatic carbocycles. The quantitative estimate of drug-likeness (QED) is 0.373. The molecule has 0 atom stereocenters. The molecule has 1 aromatic rings. The first-order valence-corrected chi connectivity index (χ1v) is 4.27. The summed E-state index contributed by atoms with van der Waals surface area (Å²) in [4.78, 5) is -0.147. The van der Waals surface area contributed by atoms with Crippen LogP contribution in [0.2, 0.25) is 0 Å². The number of anilines is 1. The van der Waals surface area contributed by atoms with Gasteiger partial charge >= 0.3 is 29.6 Å². The minimum absolute atomic E-state index is 0. The fraction of sp³-hybridized carbons (Fsp3) is 0. The van der Waals surface area contributed by atoms with Crippen LogP contribution in [-0.4, -0.2) is 42.5 Å². The predicted molar refractivity (Wildman–Crippen MR) is 47.8 cm³/mol. The zero-order chi connectivity index (χ0) is 8.48. The summed E-state index contributed by atoms with van der Waals surface area (Å²) in [5, 5.41) is 0. The molecule has 0 saturated carbocycles. The molecule has 1 rings (SSSR count). The second kappa shape index (κ2) is 4.25. The molecule has 0 saturated heterocycles. The van der Waals surface area contributed by atoms with Gasteiger partial charge < -0.3 is 5.73 Å². The average molecular weight is 197 g/mol. The van der Waals surface area contributed by atoms with Gasteiger partial charge in [-0.05, 0) is 24.3 Å². The van der Waals surface area contributed by atoms with Crippen molar-refractivity contribution in [3.8, 4) is 0 Å². The summed E-state index contributed by atoms with van der Waals surface area (Å²) in [6, 6.07) is 5.29. The molecule has 12 heavy (non-hydrogen) atoms. The van der Waals surface area contributed by atoms with E-state index < -0.39 is 10.1 Å². The summed E-state index contributed by atoms with van der Waals surface area (Å²) in [6.07, 6.45) is 0. The summed E-state index contributed by atoms with van der Waals surface area (Å²) in [7, 11) is -4.08. The van der Waals surface area contributed by atoms with E-state index in [1.807, 2.05) is 0 Å². The van der Waals surface area contributed by atoms with Crippen molar-refractivity contribution in [3.05, 3.63) is 24.3 Å². The van der Waals surface area contributed by atoms with Gasteiger partial charge in [-0.1, -0.05) is 0 Å². The summed E-state index contributed by atoms with van der Waals surface area (Å²) in [5.74, 6) is 0. The average Bonchev–Trinajstić information content (AvgIpc) is 1.86. The molecule has 3 N–H and O–H groups in total. The molecule has 0 fully saturated rings. The summed E-state index contributed by atoms with van der Waals surface area (Å²) < 4.78 is 29.4. The van der Waals surface area contributed by atoms with E-state index in [-0.39, 0.29) is 34.5 Å². The van der Waals surface area contributed by atoms with Crippen molar-refractivity contribution in [1.82, 2.24) is 0 Å². The second-order valence-electron chi connectivity index (χ2n) is 2.04. The Kier molecular flexibility index (Phi) is 4.22. The number of rotatable bonds is 1. The summed E-state index contributed by atoms with van der Waals surface area (Å²) in [6.45, 7) is 0. The molecule has 0 bridgehead atoms. The number of hydrogen-bond donors (Lipinski definition) is 2. The SMILES string of the molecule is Nc1ccc(S(=O)(=O)O)cc1.[NaH]. The monoisotopic (exact) mass is 197 g/mol. The van der Waals surface area contributed by atoms with E-state index >= 15 is 0 Å². The molecule has 62 valence electrons. The van der Waals surface area contributed by atoms with Gasteiger partial charge in [0.1, 0.15) is 0 Å². The van der Waals surface area contributed by atoms with Crippen LogP contribution in [0.15, 0.2) is 29.2 Å².